The molecule has 4 aliphatic heterocycles. The minimum Gasteiger partial charge on any atom is -0.384 e. The van der Waals surface area contributed by atoms with Gasteiger partial charge in [-0.3, -0.25) is 4.90 Å². The molecule has 2 N–H and O–H groups in total. The summed E-state index contributed by atoms with van der Waals surface area (Å²) in [6, 6.07) is 38.8. The Kier molecular flexibility index (Phi) is 15.5. The second-order valence-corrected chi connectivity index (χ2v) is 15.8. The normalized spacial score (nSPS) is 20.5. The van der Waals surface area contributed by atoms with Crippen molar-refractivity contribution < 1.29 is 5.11 Å². The first-order valence-electron chi connectivity index (χ1n) is 20.5. The molecule has 0 spiro atoms. The largest absolute Gasteiger partial charge is 0.384 e. The fourth-order valence-electron chi connectivity index (χ4n) is 7.80. The van der Waals surface area contributed by atoms with Gasteiger partial charge in [-0.25, -0.2) is 0 Å². The second-order valence-electron chi connectivity index (χ2n) is 15.8. The molecular weight excluding hydrogens is 681 g/mol. The number of nitrogens with zero attached hydrogens (tertiary/aromatic N) is 7. The van der Waals surface area contributed by atoms with Crippen LogP contribution in [0.3, 0.4) is 0 Å². The van der Waals surface area contributed by atoms with E-state index in [-0.39, 0.29) is 0 Å². The van der Waals surface area contributed by atoms with E-state index in [0.717, 1.165) is 103 Å². The molecule has 0 bridgehead atoms. The van der Waals surface area contributed by atoms with Crippen LogP contribution in [0.2, 0.25) is 0 Å². The molecule has 4 aromatic rings. The van der Waals surface area contributed by atoms with E-state index >= 15 is 0 Å². The van der Waals surface area contributed by atoms with Crippen molar-refractivity contribution >= 4 is 11.4 Å². The van der Waals surface area contributed by atoms with Gasteiger partial charge in [-0.05, 0) is 74.7 Å². The van der Waals surface area contributed by atoms with Gasteiger partial charge in [0.05, 0.1) is 6.04 Å². The number of aliphatic hydroxyl groups excluding tert-OH is 1. The standard InChI is InChI=1S/C23H32N4.C18H22N2O.C5H12N2/c1-24-12-16-26(17-13-24)22-10-8-21(9-11-22)23(20-6-4-3-5-7-20)27-18-14-25(2)15-19-27;1-19-11-13-20(14-12-19)17-9-7-16(8-10-17)18(21)15-5-3-2-4-6-15;1-7-4-2-6-3-5-7/h3-11,23H,12-19H2,1-2H3;2-10,18,21H,11-14H2,1H3;6H,2-5H2,1H3. The minimum atomic E-state index is -0.548. The molecule has 0 aromatic heterocycles. The number of likely N-dealkylation sites (N-methyl/N-ethyl adjacent to an activating group) is 4. The highest BCUT2D eigenvalue weighted by Gasteiger charge is 2.26. The van der Waals surface area contributed by atoms with Crippen LogP contribution in [0.4, 0.5) is 11.4 Å². The van der Waals surface area contributed by atoms with E-state index in [9.17, 15) is 5.11 Å². The highest BCUT2D eigenvalue weighted by atomic mass is 16.3. The number of hydrogen-bond acceptors (Lipinski definition) is 9. The molecule has 4 fully saturated rings. The van der Waals surface area contributed by atoms with E-state index in [1.165, 1.54) is 35.6 Å². The number of aliphatic hydroxyl groups is 1. The van der Waals surface area contributed by atoms with E-state index in [1.807, 2.05) is 42.5 Å². The molecule has 55 heavy (non-hydrogen) atoms. The highest BCUT2D eigenvalue weighted by molar-refractivity contribution is 5.50. The average molecular weight is 747 g/mol. The summed E-state index contributed by atoms with van der Waals surface area (Å²) in [6.07, 6.45) is -0.548. The third-order valence-electron chi connectivity index (χ3n) is 11.6. The number of nitrogens with one attached hydrogen (secondary N) is 1. The summed E-state index contributed by atoms with van der Waals surface area (Å²) in [5.41, 5.74) is 7.28. The molecule has 0 aliphatic carbocycles. The molecule has 4 saturated heterocycles. The number of piperazine rings is 4. The van der Waals surface area contributed by atoms with Gasteiger partial charge in [-0.1, -0.05) is 84.9 Å². The summed E-state index contributed by atoms with van der Waals surface area (Å²) in [5.74, 6) is 0. The molecule has 9 nitrogen and oxygen atoms in total. The van der Waals surface area contributed by atoms with E-state index in [2.05, 4.69) is 135 Å². The van der Waals surface area contributed by atoms with Gasteiger partial charge < -0.3 is 39.8 Å². The molecule has 2 atom stereocenters. The lowest BCUT2D eigenvalue weighted by atomic mass is 9.96. The highest BCUT2D eigenvalue weighted by Crippen LogP contribution is 2.31. The Labute approximate surface area is 331 Å². The van der Waals surface area contributed by atoms with E-state index in [1.54, 1.807) is 0 Å². The molecule has 0 radical (unpaired) electrons. The van der Waals surface area contributed by atoms with Crippen molar-refractivity contribution in [2.45, 2.75) is 12.1 Å². The fraction of sp³-hybridized carbons (Fsp3) is 0.478. The predicted octanol–water partition coefficient (Wildman–Crippen LogP) is 4.82. The Morgan fingerprint density at radius 1 is 0.400 bits per heavy atom. The zero-order chi connectivity index (χ0) is 38.4. The van der Waals surface area contributed by atoms with Crippen LogP contribution in [0.15, 0.2) is 109 Å². The van der Waals surface area contributed by atoms with Gasteiger partial charge in [0.15, 0.2) is 0 Å². The van der Waals surface area contributed by atoms with Gasteiger partial charge >= 0.3 is 0 Å². The average Bonchev–Trinajstić information content (AvgIpc) is 3.24. The van der Waals surface area contributed by atoms with Gasteiger partial charge in [0.1, 0.15) is 6.10 Å². The summed E-state index contributed by atoms with van der Waals surface area (Å²) in [7, 11) is 8.75. The zero-order valence-corrected chi connectivity index (χ0v) is 33.9. The molecule has 4 heterocycles. The third kappa shape index (κ3) is 12.1. The van der Waals surface area contributed by atoms with E-state index < -0.39 is 6.10 Å². The van der Waals surface area contributed by atoms with Gasteiger partial charge in [0.2, 0.25) is 0 Å². The lowest BCUT2D eigenvalue weighted by Crippen LogP contribution is -2.46. The minimum absolute atomic E-state index is 0.349. The monoisotopic (exact) mass is 747 g/mol. The Morgan fingerprint density at radius 3 is 1.16 bits per heavy atom. The van der Waals surface area contributed by atoms with Gasteiger partial charge in [0.25, 0.3) is 0 Å². The van der Waals surface area contributed by atoms with Gasteiger partial charge in [-0.15, -0.1) is 0 Å². The first kappa shape index (κ1) is 40.9. The van der Waals surface area contributed by atoms with E-state index in [0.29, 0.717) is 6.04 Å². The topological polar surface area (TPSA) is 54.9 Å². The van der Waals surface area contributed by atoms with Crippen molar-refractivity contribution in [2.24, 2.45) is 0 Å². The first-order valence-corrected chi connectivity index (χ1v) is 20.5. The summed E-state index contributed by atoms with van der Waals surface area (Å²) in [4.78, 5) is 17.1. The summed E-state index contributed by atoms with van der Waals surface area (Å²) >= 11 is 0. The van der Waals surface area contributed by atoms with Crippen molar-refractivity contribution in [3.05, 3.63) is 131 Å². The molecule has 4 aromatic carbocycles. The maximum absolute atomic E-state index is 10.4. The van der Waals surface area contributed by atoms with Crippen LogP contribution in [-0.2, 0) is 0 Å². The summed E-state index contributed by atoms with van der Waals surface area (Å²) in [6.45, 7) is 18.2. The van der Waals surface area contributed by atoms with Crippen molar-refractivity contribution in [1.29, 1.82) is 0 Å². The van der Waals surface area contributed by atoms with Crippen LogP contribution in [0.5, 0.6) is 0 Å². The lowest BCUT2D eigenvalue weighted by molar-refractivity contribution is 0.127. The van der Waals surface area contributed by atoms with Crippen molar-refractivity contribution in [1.82, 2.24) is 29.8 Å². The Hall–Kier alpha value is -3.80. The molecule has 296 valence electrons. The van der Waals surface area contributed by atoms with Crippen LogP contribution in [-0.4, -0.2) is 163 Å². The second kappa shape index (κ2) is 20.9. The zero-order valence-electron chi connectivity index (χ0n) is 33.9. The summed E-state index contributed by atoms with van der Waals surface area (Å²) < 4.78 is 0. The molecule has 8 rings (SSSR count). The molecule has 9 heteroatoms. The van der Waals surface area contributed by atoms with E-state index in [4.69, 9.17) is 0 Å². The molecular formula is C46H66N8O. The van der Waals surface area contributed by atoms with Crippen molar-refractivity contribution in [3.8, 4) is 0 Å². The molecule has 0 saturated carbocycles. The number of anilines is 2. The van der Waals surface area contributed by atoms with Crippen LogP contribution in [0.1, 0.15) is 34.4 Å². The van der Waals surface area contributed by atoms with Gasteiger partial charge in [0, 0.05) is 116 Å². The fourth-order valence-corrected chi connectivity index (χ4v) is 7.80. The van der Waals surface area contributed by atoms with Crippen LogP contribution < -0.4 is 15.1 Å². The van der Waals surface area contributed by atoms with Crippen LogP contribution in [0.25, 0.3) is 0 Å². The Balaban J connectivity index is 0.000000162. The van der Waals surface area contributed by atoms with Crippen LogP contribution in [0, 0.1) is 0 Å². The summed E-state index contributed by atoms with van der Waals surface area (Å²) in [5, 5.41) is 13.7. The van der Waals surface area contributed by atoms with Gasteiger partial charge in [-0.2, -0.15) is 0 Å². The quantitative estimate of drug-likeness (QED) is 0.278. The molecule has 0 amide bonds. The van der Waals surface area contributed by atoms with Crippen LogP contribution >= 0.6 is 0 Å². The Morgan fingerprint density at radius 2 is 0.745 bits per heavy atom. The number of benzene rings is 4. The maximum Gasteiger partial charge on any atom is 0.104 e. The maximum atomic E-state index is 10.4. The predicted molar refractivity (Wildman–Crippen MR) is 231 cm³/mol. The SMILES string of the molecule is CN1CCN(c2ccc(C(O)c3ccccc3)cc2)CC1.CN1CCN(c2ccc(C(c3ccccc3)N3CCN(C)CC3)cc2)CC1.CN1CCNCC1. The lowest BCUT2D eigenvalue weighted by Gasteiger charge is -2.39. The third-order valence-corrected chi connectivity index (χ3v) is 11.6. The van der Waals surface area contributed by atoms with Crippen molar-refractivity contribution in [3.63, 3.8) is 0 Å². The number of rotatable bonds is 7. The first-order chi connectivity index (χ1) is 26.8. The van der Waals surface area contributed by atoms with Crippen molar-refractivity contribution in [2.75, 3.05) is 143 Å². The molecule has 2 unspecified atom stereocenters. The Bertz CT molecular complexity index is 1630. The smallest absolute Gasteiger partial charge is 0.104 e. The number of hydrogen-bond donors (Lipinski definition) is 2. The molecule has 4 aliphatic rings.